The van der Waals surface area contributed by atoms with Crippen LogP contribution in [0.1, 0.15) is 28.8 Å². The Balaban J connectivity index is 1.30. The van der Waals surface area contributed by atoms with E-state index in [2.05, 4.69) is 15.6 Å². The Morgan fingerprint density at radius 2 is 1.97 bits per heavy atom. The molecule has 1 atom stereocenters. The van der Waals surface area contributed by atoms with E-state index in [0.29, 0.717) is 19.4 Å². The van der Waals surface area contributed by atoms with E-state index < -0.39 is 11.6 Å². The molecule has 1 saturated heterocycles. The van der Waals surface area contributed by atoms with Gasteiger partial charge in [0.15, 0.2) is 0 Å². The van der Waals surface area contributed by atoms with Crippen LogP contribution in [-0.2, 0) is 22.6 Å². The summed E-state index contributed by atoms with van der Waals surface area (Å²) in [6.07, 6.45) is 1.12. The summed E-state index contributed by atoms with van der Waals surface area (Å²) in [6, 6.07) is 13.2. The van der Waals surface area contributed by atoms with Gasteiger partial charge in [0.25, 0.3) is 5.91 Å². The largest absolute Gasteiger partial charge is 0.350 e. The van der Waals surface area contributed by atoms with Gasteiger partial charge in [0, 0.05) is 10.3 Å². The minimum Gasteiger partial charge on any atom is -0.350 e. The Hall–Kier alpha value is -3.04. The maximum atomic E-state index is 12.9. The number of thiophene rings is 1. The van der Waals surface area contributed by atoms with E-state index >= 15 is 0 Å². The standard InChI is InChI=1S/C23H24N4O3S2/c1-15-25-18(14-31-15)19-9-8-17(32-19)12-24-20(28)13-27-21(29)23(2,26-22(27)30)11-10-16-6-4-3-5-7-16/h3-9,14H,10-13H2,1-2H3,(H,24,28)(H,26,30). The fraction of sp³-hybridized carbons (Fsp3) is 0.304. The average molecular weight is 469 g/mol. The summed E-state index contributed by atoms with van der Waals surface area (Å²) in [5.74, 6) is -0.744. The lowest BCUT2D eigenvalue weighted by atomic mass is 9.93. The molecule has 0 radical (unpaired) electrons. The van der Waals surface area contributed by atoms with Crippen LogP contribution in [0.15, 0.2) is 47.8 Å². The molecule has 2 N–H and O–H groups in total. The van der Waals surface area contributed by atoms with Gasteiger partial charge in [-0.3, -0.25) is 14.5 Å². The third-order valence-electron chi connectivity index (χ3n) is 5.40. The van der Waals surface area contributed by atoms with Crippen LogP contribution in [0.4, 0.5) is 4.79 Å². The summed E-state index contributed by atoms with van der Waals surface area (Å²) in [5, 5.41) is 8.58. The number of aromatic nitrogens is 1. The zero-order valence-corrected chi connectivity index (χ0v) is 19.5. The first-order chi connectivity index (χ1) is 15.3. The number of hydrogen-bond acceptors (Lipinski definition) is 6. The summed E-state index contributed by atoms with van der Waals surface area (Å²) >= 11 is 3.16. The molecule has 1 aliphatic heterocycles. The normalized spacial score (nSPS) is 18.1. The quantitative estimate of drug-likeness (QED) is 0.493. The molecule has 166 valence electrons. The minimum atomic E-state index is -1.01. The van der Waals surface area contributed by atoms with Crippen LogP contribution in [-0.4, -0.2) is 39.8 Å². The molecule has 3 aromatic rings. The van der Waals surface area contributed by atoms with Crippen molar-refractivity contribution in [3.8, 4) is 10.6 Å². The third-order valence-corrected chi connectivity index (χ3v) is 7.28. The lowest BCUT2D eigenvalue weighted by molar-refractivity contribution is -0.134. The molecule has 1 fully saturated rings. The van der Waals surface area contributed by atoms with Gasteiger partial charge in [-0.2, -0.15) is 0 Å². The van der Waals surface area contributed by atoms with E-state index in [1.165, 1.54) is 0 Å². The fourth-order valence-electron chi connectivity index (χ4n) is 3.57. The summed E-state index contributed by atoms with van der Waals surface area (Å²) < 4.78 is 0. The number of nitrogens with zero attached hydrogens (tertiary/aromatic N) is 2. The molecule has 4 rings (SSSR count). The van der Waals surface area contributed by atoms with Crippen molar-refractivity contribution in [1.29, 1.82) is 0 Å². The van der Waals surface area contributed by atoms with Crippen molar-refractivity contribution in [3.63, 3.8) is 0 Å². The number of benzene rings is 1. The topological polar surface area (TPSA) is 91.4 Å². The monoisotopic (exact) mass is 468 g/mol. The highest BCUT2D eigenvalue weighted by Gasteiger charge is 2.47. The van der Waals surface area contributed by atoms with E-state index in [1.807, 2.05) is 54.8 Å². The number of nitrogens with one attached hydrogen (secondary N) is 2. The predicted molar refractivity (Wildman–Crippen MR) is 125 cm³/mol. The Labute approximate surface area is 194 Å². The number of hydrogen-bond donors (Lipinski definition) is 2. The van der Waals surface area contributed by atoms with Crippen LogP contribution in [0.5, 0.6) is 0 Å². The molecule has 0 spiro atoms. The van der Waals surface area contributed by atoms with Crippen LogP contribution in [0.2, 0.25) is 0 Å². The number of amides is 4. The van der Waals surface area contributed by atoms with Gasteiger partial charge in [-0.25, -0.2) is 9.78 Å². The molecular formula is C23H24N4O3S2. The van der Waals surface area contributed by atoms with Crippen molar-refractivity contribution in [3.05, 3.63) is 63.3 Å². The molecule has 1 aromatic carbocycles. The minimum absolute atomic E-state index is 0.297. The van der Waals surface area contributed by atoms with E-state index in [-0.39, 0.29) is 18.4 Å². The highest BCUT2D eigenvalue weighted by Crippen LogP contribution is 2.29. The number of carbonyl (C=O) groups excluding carboxylic acids is 3. The van der Waals surface area contributed by atoms with Gasteiger partial charge in [-0.15, -0.1) is 22.7 Å². The second-order valence-electron chi connectivity index (χ2n) is 7.93. The maximum Gasteiger partial charge on any atom is 0.325 e. The zero-order valence-electron chi connectivity index (χ0n) is 17.9. The van der Waals surface area contributed by atoms with Crippen molar-refractivity contribution < 1.29 is 14.4 Å². The first-order valence-electron chi connectivity index (χ1n) is 10.3. The van der Waals surface area contributed by atoms with Crippen molar-refractivity contribution >= 4 is 40.5 Å². The van der Waals surface area contributed by atoms with Crippen LogP contribution in [0, 0.1) is 6.92 Å². The molecule has 4 amide bonds. The maximum absolute atomic E-state index is 12.9. The summed E-state index contributed by atoms with van der Waals surface area (Å²) in [5.41, 5.74) is 1.01. The molecule has 1 unspecified atom stereocenters. The average Bonchev–Trinajstić information content (AvgIpc) is 3.47. The molecule has 0 saturated carbocycles. The number of aryl methyl sites for hydroxylation is 2. The lowest BCUT2D eigenvalue weighted by Gasteiger charge is -2.21. The molecule has 0 bridgehead atoms. The fourth-order valence-corrected chi connectivity index (χ4v) is 5.17. The summed E-state index contributed by atoms with van der Waals surface area (Å²) in [6.45, 7) is 3.71. The van der Waals surface area contributed by atoms with Crippen molar-refractivity contribution in [1.82, 2.24) is 20.5 Å². The molecule has 1 aliphatic rings. The SMILES string of the molecule is Cc1nc(-c2ccc(CNC(=O)CN3C(=O)NC(C)(CCc4ccccc4)C3=O)s2)cs1. The first-order valence-corrected chi connectivity index (χ1v) is 12.0. The molecule has 7 nitrogen and oxygen atoms in total. The molecule has 0 aliphatic carbocycles. The van der Waals surface area contributed by atoms with Gasteiger partial charge < -0.3 is 10.6 Å². The number of imide groups is 1. The van der Waals surface area contributed by atoms with Gasteiger partial charge in [0.1, 0.15) is 12.1 Å². The van der Waals surface area contributed by atoms with Gasteiger partial charge >= 0.3 is 6.03 Å². The van der Waals surface area contributed by atoms with Crippen molar-refractivity contribution in [2.75, 3.05) is 6.54 Å². The Morgan fingerprint density at radius 1 is 1.19 bits per heavy atom. The van der Waals surface area contributed by atoms with Crippen molar-refractivity contribution in [2.24, 2.45) is 0 Å². The molecule has 9 heteroatoms. The van der Waals surface area contributed by atoms with Crippen LogP contribution in [0.25, 0.3) is 10.6 Å². The van der Waals surface area contributed by atoms with Gasteiger partial charge in [0.2, 0.25) is 5.91 Å². The first kappa shape index (κ1) is 22.2. The van der Waals surface area contributed by atoms with Gasteiger partial charge in [-0.05, 0) is 44.4 Å². The Morgan fingerprint density at radius 3 is 2.69 bits per heavy atom. The number of thiazole rings is 1. The van der Waals surface area contributed by atoms with E-state index in [0.717, 1.165) is 30.9 Å². The number of urea groups is 1. The summed E-state index contributed by atoms with van der Waals surface area (Å²) in [7, 11) is 0. The van der Waals surface area contributed by atoms with Crippen molar-refractivity contribution in [2.45, 2.75) is 38.8 Å². The Bertz CT molecular complexity index is 1140. The second-order valence-corrected chi connectivity index (χ2v) is 10.2. The van der Waals surface area contributed by atoms with E-state index in [1.54, 1.807) is 29.6 Å². The molecule has 32 heavy (non-hydrogen) atoms. The van der Waals surface area contributed by atoms with Crippen LogP contribution in [0.3, 0.4) is 0 Å². The van der Waals surface area contributed by atoms with Crippen LogP contribution >= 0.6 is 22.7 Å². The van der Waals surface area contributed by atoms with E-state index in [9.17, 15) is 14.4 Å². The van der Waals surface area contributed by atoms with E-state index in [4.69, 9.17) is 0 Å². The molecule has 3 heterocycles. The van der Waals surface area contributed by atoms with Crippen LogP contribution < -0.4 is 10.6 Å². The zero-order chi connectivity index (χ0) is 22.7. The third kappa shape index (κ3) is 4.89. The highest BCUT2D eigenvalue weighted by molar-refractivity contribution is 7.16. The number of carbonyl (C=O) groups is 3. The highest BCUT2D eigenvalue weighted by atomic mass is 32.1. The lowest BCUT2D eigenvalue weighted by Crippen LogP contribution is -2.45. The molecular weight excluding hydrogens is 444 g/mol. The summed E-state index contributed by atoms with van der Waals surface area (Å²) in [4.78, 5) is 45.2. The number of rotatable bonds is 8. The Kier molecular flexibility index (Phi) is 6.38. The predicted octanol–water partition coefficient (Wildman–Crippen LogP) is 3.74. The van der Waals surface area contributed by atoms with Gasteiger partial charge in [0.05, 0.1) is 22.1 Å². The van der Waals surface area contributed by atoms with Gasteiger partial charge in [-0.1, -0.05) is 30.3 Å². The second kappa shape index (κ2) is 9.22. The molecule has 2 aromatic heterocycles. The smallest absolute Gasteiger partial charge is 0.325 e.